The van der Waals surface area contributed by atoms with Gasteiger partial charge in [-0.2, -0.15) is 4.98 Å². The quantitative estimate of drug-likeness (QED) is 0.673. The van der Waals surface area contributed by atoms with Gasteiger partial charge in [0.05, 0.1) is 10.5 Å². The fourth-order valence-electron chi connectivity index (χ4n) is 2.02. The number of halogens is 1. The standard InChI is InChI=1S/C16H12FN3O5S/c17-12-5-1-10(2-6-12)15-19-14(25-20-15)9-24-16(21)11-3-7-13(8-4-11)26(18,22)23/h1-8H,9H2,(H2,18,22,23). The molecule has 0 unspecified atom stereocenters. The summed E-state index contributed by atoms with van der Waals surface area (Å²) in [6.45, 7) is -0.274. The lowest BCUT2D eigenvalue weighted by Gasteiger charge is -2.03. The van der Waals surface area contributed by atoms with Crippen molar-refractivity contribution < 1.29 is 26.9 Å². The van der Waals surface area contributed by atoms with Crippen molar-refractivity contribution >= 4 is 16.0 Å². The van der Waals surface area contributed by atoms with E-state index in [1.165, 1.54) is 48.5 Å². The van der Waals surface area contributed by atoms with Crippen LogP contribution in [0.5, 0.6) is 0 Å². The molecule has 1 heterocycles. The van der Waals surface area contributed by atoms with Crippen LogP contribution < -0.4 is 5.14 Å². The number of ether oxygens (including phenoxy) is 1. The van der Waals surface area contributed by atoms with Crippen LogP contribution in [0, 0.1) is 5.82 Å². The monoisotopic (exact) mass is 377 g/mol. The number of rotatable bonds is 5. The molecule has 0 atom stereocenters. The molecule has 2 N–H and O–H groups in total. The van der Waals surface area contributed by atoms with Crippen LogP contribution in [0.4, 0.5) is 4.39 Å². The van der Waals surface area contributed by atoms with E-state index < -0.39 is 16.0 Å². The molecule has 0 spiro atoms. The third kappa shape index (κ3) is 4.10. The molecule has 10 heteroatoms. The van der Waals surface area contributed by atoms with Gasteiger partial charge in [-0.15, -0.1) is 0 Å². The fraction of sp³-hybridized carbons (Fsp3) is 0.0625. The summed E-state index contributed by atoms with van der Waals surface area (Å²) in [5.41, 5.74) is 0.682. The van der Waals surface area contributed by atoms with Crippen molar-refractivity contribution in [1.82, 2.24) is 10.1 Å². The Kier molecular flexibility index (Phi) is 4.78. The average molecular weight is 377 g/mol. The van der Waals surface area contributed by atoms with Crippen molar-refractivity contribution in [2.24, 2.45) is 5.14 Å². The second-order valence-electron chi connectivity index (χ2n) is 5.16. The smallest absolute Gasteiger partial charge is 0.338 e. The number of benzene rings is 2. The highest BCUT2D eigenvalue weighted by molar-refractivity contribution is 7.89. The molecule has 2 aromatic carbocycles. The molecule has 1 aromatic heterocycles. The minimum atomic E-state index is -3.84. The van der Waals surface area contributed by atoms with Gasteiger partial charge < -0.3 is 9.26 Å². The number of esters is 1. The first-order chi connectivity index (χ1) is 12.3. The van der Waals surface area contributed by atoms with Gasteiger partial charge in [0, 0.05) is 5.56 Å². The van der Waals surface area contributed by atoms with Crippen LogP contribution >= 0.6 is 0 Å². The van der Waals surface area contributed by atoms with E-state index in [9.17, 15) is 17.6 Å². The molecule has 0 bridgehead atoms. The summed E-state index contributed by atoms with van der Waals surface area (Å²) < 4.78 is 45.3. The largest absolute Gasteiger partial charge is 0.452 e. The van der Waals surface area contributed by atoms with Crippen LogP contribution in [0.25, 0.3) is 11.4 Å². The number of sulfonamides is 1. The summed E-state index contributed by atoms with van der Waals surface area (Å²) >= 11 is 0. The summed E-state index contributed by atoms with van der Waals surface area (Å²) in [6.07, 6.45) is 0. The maximum Gasteiger partial charge on any atom is 0.338 e. The number of aromatic nitrogens is 2. The lowest BCUT2D eigenvalue weighted by Crippen LogP contribution is -2.12. The van der Waals surface area contributed by atoms with E-state index in [0.717, 1.165) is 0 Å². The summed E-state index contributed by atoms with van der Waals surface area (Å²) in [7, 11) is -3.84. The predicted molar refractivity (Wildman–Crippen MR) is 86.6 cm³/mol. The van der Waals surface area contributed by atoms with E-state index in [1.807, 2.05) is 0 Å². The van der Waals surface area contributed by atoms with E-state index in [-0.39, 0.29) is 34.6 Å². The summed E-state index contributed by atoms with van der Waals surface area (Å²) in [5, 5.41) is 8.71. The molecule has 0 aliphatic heterocycles. The van der Waals surface area contributed by atoms with Gasteiger partial charge in [0.15, 0.2) is 6.61 Å². The number of primary sulfonamides is 1. The summed E-state index contributed by atoms with van der Waals surface area (Å²) in [5.74, 6) is -0.806. The first kappa shape index (κ1) is 17.7. The Morgan fingerprint density at radius 2 is 1.77 bits per heavy atom. The zero-order valence-electron chi connectivity index (χ0n) is 13.1. The van der Waals surface area contributed by atoms with Gasteiger partial charge in [-0.1, -0.05) is 5.16 Å². The summed E-state index contributed by atoms with van der Waals surface area (Å²) in [6, 6.07) is 10.5. The van der Waals surface area contributed by atoms with Crippen molar-refractivity contribution in [3.8, 4) is 11.4 Å². The lowest BCUT2D eigenvalue weighted by molar-refractivity contribution is 0.0429. The van der Waals surface area contributed by atoms with Gasteiger partial charge in [0.25, 0.3) is 5.89 Å². The van der Waals surface area contributed by atoms with Crippen LogP contribution in [-0.4, -0.2) is 24.5 Å². The molecule has 0 saturated carbocycles. The number of hydrogen-bond acceptors (Lipinski definition) is 7. The fourth-order valence-corrected chi connectivity index (χ4v) is 2.54. The van der Waals surface area contributed by atoms with E-state index in [0.29, 0.717) is 5.56 Å². The number of nitrogens with two attached hydrogens (primary N) is 1. The van der Waals surface area contributed by atoms with Crippen molar-refractivity contribution in [2.45, 2.75) is 11.5 Å². The van der Waals surface area contributed by atoms with Crippen molar-refractivity contribution in [3.05, 3.63) is 65.8 Å². The van der Waals surface area contributed by atoms with Crippen molar-refractivity contribution in [2.75, 3.05) is 0 Å². The average Bonchev–Trinajstić information content (AvgIpc) is 3.08. The Hall–Kier alpha value is -3.11. The number of nitrogens with zero attached hydrogens (tertiary/aromatic N) is 2. The second kappa shape index (κ2) is 7.02. The zero-order valence-corrected chi connectivity index (χ0v) is 13.9. The Labute approximate surface area is 147 Å². The van der Waals surface area contributed by atoms with Crippen LogP contribution in [0.1, 0.15) is 16.2 Å². The zero-order chi connectivity index (χ0) is 18.7. The van der Waals surface area contributed by atoms with Crippen LogP contribution in [0.15, 0.2) is 57.9 Å². The number of hydrogen-bond donors (Lipinski definition) is 1. The van der Waals surface area contributed by atoms with Crippen molar-refractivity contribution in [1.29, 1.82) is 0 Å². The van der Waals surface area contributed by atoms with Crippen LogP contribution in [0.2, 0.25) is 0 Å². The molecule has 0 amide bonds. The van der Waals surface area contributed by atoms with Crippen molar-refractivity contribution in [3.63, 3.8) is 0 Å². The Morgan fingerprint density at radius 1 is 1.12 bits per heavy atom. The second-order valence-corrected chi connectivity index (χ2v) is 6.73. The Balaban J connectivity index is 1.64. The molecular weight excluding hydrogens is 365 g/mol. The molecule has 0 saturated heterocycles. The van der Waals surface area contributed by atoms with E-state index >= 15 is 0 Å². The molecule has 3 aromatic rings. The molecule has 0 fully saturated rings. The predicted octanol–water partition coefficient (Wildman–Crippen LogP) is 1.88. The highest BCUT2D eigenvalue weighted by Gasteiger charge is 2.14. The SMILES string of the molecule is NS(=O)(=O)c1ccc(C(=O)OCc2nc(-c3ccc(F)cc3)no2)cc1. The molecule has 0 aliphatic carbocycles. The van der Waals surface area contributed by atoms with Gasteiger partial charge >= 0.3 is 5.97 Å². The first-order valence-electron chi connectivity index (χ1n) is 7.21. The minimum absolute atomic E-state index is 0.0545. The van der Waals surface area contributed by atoms with Gasteiger partial charge in [-0.25, -0.2) is 22.7 Å². The van der Waals surface area contributed by atoms with Gasteiger partial charge in [0.2, 0.25) is 15.8 Å². The molecule has 8 nitrogen and oxygen atoms in total. The number of carbonyl (C=O) groups is 1. The molecule has 3 rings (SSSR count). The van der Waals surface area contributed by atoms with Gasteiger partial charge in [0.1, 0.15) is 5.82 Å². The third-order valence-electron chi connectivity index (χ3n) is 3.32. The minimum Gasteiger partial charge on any atom is -0.452 e. The van der Waals surface area contributed by atoms with Gasteiger partial charge in [-0.05, 0) is 48.5 Å². The highest BCUT2D eigenvalue weighted by atomic mass is 32.2. The third-order valence-corrected chi connectivity index (χ3v) is 4.25. The lowest BCUT2D eigenvalue weighted by atomic mass is 10.2. The first-order valence-corrected chi connectivity index (χ1v) is 8.76. The Morgan fingerprint density at radius 3 is 2.38 bits per heavy atom. The normalized spacial score (nSPS) is 11.3. The molecular formula is C16H12FN3O5S. The van der Waals surface area contributed by atoms with E-state index in [2.05, 4.69) is 10.1 Å². The van der Waals surface area contributed by atoms with Gasteiger partial charge in [-0.3, -0.25) is 0 Å². The number of carbonyl (C=O) groups excluding carboxylic acids is 1. The highest BCUT2D eigenvalue weighted by Crippen LogP contribution is 2.17. The van der Waals surface area contributed by atoms with E-state index in [1.54, 1.807) is 0 Å². The maximum atomic E-state index is 12.9. The van der Waals surface area contributed by atoms with Crippen LogP contribution in [-0.2, 0) is 21.4 Å². The Bertz CT molecular complexity index is 1030. The molecule has 0 aliphatic rings. The molecule has 0 radical (unpaired) electrons. The molecule has 134 valence electrons. The topological polar surface area (TPSA) is 125 Å². The van der Waals surface area contributed by atoms with E-state index in [4.69, 9.17) is 14.4 Å². The van der Waals surface area contributed by atoms with Crippen LogP contribution in [0.3, 0.4) is 0 Å². The molecule has 26 heavy (non-hydrogen) atoms. The maximum absolute atomic E-state index is 12.9. The summed E-state index contributed by atoms with van der Waals surface area (Å²) in [4.78, 5) is 15.9.